The molecule has 0 bridgehead atoms. The van der Waals surface area contributed by atoms with E-state index in [0.29, 0.717) is 18.9 Å². The largest absolute Gasteiger partial charge is 0.280 e. The normalized spacial score (nSPS) is 21.2. The van der Waals surface area contributed by atoms with E-state index in [9.17, 15) is 8.42 Å². The summed E-state index contributed by atoms with van der Waals surface area (Å²) in [5, 5.41) is 0. The van der Waals surface area contributed by atoms with Crippen molar-refractivity contribution < 1.29 is 8.42 Å². The summed E-state index contributed by atoms with van der Waals surface area (Å²) in [7, 11) is -3.44. The highest BCUT2D eigenvalue weighted by molar-refractivity contribution is 7.87. The number of nitrogens with zero attached hydrogens (tertiary/aromatic N) is 3. The first-order chi connectivity index (χ1) is 12.1. The number of hydrogen-bond acceptors (Lipinski definition) is 4. The first kappa shape index (κ1) is 16.6. The van der Waals surface area contributed by atoms with Crippen molar-refractivity contribution in [2.45, 2.75) is 38.1 Å². The van der Waals surface area contributed by atoms with E-state index >= 15 is 0 Å². The Hall–Kier alpha value is -1.83. The summed E-state index contributed by atoms with van der Waals surface area (Å²) in [6, 6.07) is 9.62. The van der Waals surface area contributed by atoms with Crippen LogP contribution in [0.3, 0.4) is 0 Å². The van der Waals surface area contributed by atoms with Crippen LogP contribution < -0.4 is 4.72 Å². The van der Waals surface area contributed by atoms with E-state index in [1.807, 2.05) is 30.3 Å². The van der Waals surface area contributed by atoms with Gasteiger partial charge in [0, 0.05) is 36.1 Å². The molecule has 2 heterocycles. The van der Waals surface area contributed by atoms with Crippen LogP contribution in [0.4, 0.5) is 0 Å². The van der Waals surface area contributed by atoms with Crippen molar-refractivity contribution in [2.24, 2.45) is 0 Å². The number of hydrogen-bond donors (Lipinski definition) is 1. The lowest BCUT2D eigenvalue weighted by atomic mass is 9.93. The number of nitrogens with one attached hydrogen (secondary N) is 1. The molecule has 132 valence electrons. The fraction of sp³-hybridized carbons (Fsp3) is 0.444. The minimum atomic E-state index is -3.44. The Morgan fingerprint density at radius 3 is 2.60 bits per heavy atom. The molecular formula is C18H22N4O2S. The minimum absolute atomic E-state index is 0.237. The third kappa shape index (κ3) is 3.44. The number of aryl methyl sites for hydroxylation is 1. The fourth-order valence-corrected chi connectivity index (χ4v) is 5.07. The molecule has 1 aromatic carbocycles. The third-order valence-corrected chi connectivity index (χ3v) is 6.54. The van der Waals surface area contributed by atoms with Crippen LogP contribution >= 0.6 is 0 Å². The fourth-order valence-electron chi connectivity index (χ4n) is 3.58. The van der Waals surface area contributed by atoms with E-state index in [2.05, 4.69) is 9.71 Å². The summed E-state index contributed by atoms with van der Waals surface area (Å²) in [6.45, 7) is 1.22. The summed E-state index contributed by atoms with van der Waals surface area (Å²) in [6.07, 6.45) is 6.23. The molecule has 25 heavy (non-hydrogen) atoms. The maximum absolute atomic E-state index is 12.6. The lowest BCUT2D eigenvalue weighted by molar-refractivity contribution is 0.437. The predicted molar refractivity (Wildman–Crippen MR) is 96.0 cm³/mol. The van der Waals surface area contributed by atoms with Crippen LogP contribution in [0, 0.1) is 0 Å². The van der Waals surface area contributed by atoms with Crippen molar-refractivity contribution in [3.63, 3.8) is 0 Å². The van der Waals surface area contributed by atoms with Crippen LogP contribution in [0.5, 0.6) is 0 Å². The van der Waals surface area contributed by atoms with Crippen LogP contribution in [-0.2, 0) is 16.6 Å². The average Bonchev–Trinajstić information content (AvgIpc) is 3.18. The Morgan fingerprint density at radius 1 is 1.08 bits per heavy atom. The molecule has 1 saturated heterocycles. The van der Waals surface area contributed by atoms with Gasteiger partial charge in [-0.15, -0.1) is 0 Å². The molecule has 1 aromatic heterocycles. The Morgan fingerprint density at radius 2 is 1.84 bits per heavy atom. The van der Waals surface area contributed by atoms with Gasteiger partial charge in [-0.3, -0.25) is 0 Å². The number of benzene rings is 1. The lowest BCUT2D eigenvalue weighted by Crippen LogP contribution is -2.41. The van der Waals surface area contributed by atoms with Gasteiger partial charge in [-0.25, -0.2) is 9.97 Å². The first-order valence-corrected chi connectivity index (χ1v) is 10.3. The van der Waals surface area contributed by atoms with Gasteiger partial charge in [0.15, 0.2) is 5.82 Å². The molecule has 0 spiro atoms. The molecule has 0 radical (unpaired) electrons. The number of fused-ring (bicyclic) bond motifs is 1. The van der Waals surface area contributed by atoms with Gasteiger partial charge in [0.2, 0.25) is 0 Å². The van der Waals surface area contributed by atoms with Gasteiger partial charge in [-0.2, -0.15) is 17.4 Å². The Balaban J connectivity index is 1.60. The topological polar surface area (TPSA) is 75.2 Å². The highest BCUT2D eigenvalue weighted by Crippen LogP contribution is 2.30. The van der Waals surface area contributed by atoms with Gasteiger partial charge in [0.25, 0.3) is 10.2 Å². The quantitative estimate of drug-likeness (QED) is 0.911. The lowest BCUT2D eigenvalue weighted by Gasteiger charge is -2.27. The minimum Gasteiger partial charge on any atom is -0.236 e. The second-order valence-electron chi connectivity index (χ2n) is 6.64. The van der Waals surface area contributed by atoms with Gasteiger partial charge in [-0.05, 0) is 32.1 Å². The van der Waals surface area contributed by atoms with E-state index in [-0.39, 0.29) is 6.04 Å². The van der Waals surface area contributed by atoms with E-state index < -0.39 is 10.2 Å². The van der Waals surface area contributed by atoms with Crippen molar-refractivity contribution in [1.29, 1.82) is 0 Å². The molecule has 4 rings (SSSR count). The molecule has 1 aliphatic heterocycles. The summed E-state index contributed by atoms with van der Waals surface area (Å²) in [5.74, 6) is 0.697. The zero-order valence-corrected chi connectivity index (χ0v) is 14.9. The molecular weight excluding hydrogens is 336 g/mol. The monoisotopic (exact) mass is 358 g/mol. The first-order valence-electron chi connectivity index (χ1n) is 8.82. The number of aromatic nitrogens is 2. The van der Waals surface area contributed by atoms with Crippen LogP contribution in [0.1, 0.15) is 43.0 Å². The van der Waals surface area contributed by atoms with Gasteiger partial charge in [0.05, 0.1) is 6.04 Å². The molecule has 0 saturated carbocycles. The van der Waals surface area contributed by atoms with Gasteiger partial charge < -0.3 is 0 Å². The van der Waals surface area contributed by atoms with Crippen molar-refractivity contribution >= 4 is 10.2 Å². The van der Waals surface area contributed by atoms with E-state index in [1.165, 1.54) is 0 Å². The average molecular weight is 358 g/mol. The number of rotatable bonds is 4. The van der Waals surface area contributed by atoms with Gasteiger partial charge in [-0.1, -0.05) is 30.3 Å². The van der Waals surface area contributed by atoms with E-state index in [1.54, 1.807) is 10.5 Å². The smallest absolute Gasteiger partial charge is 0.236 e. The summed E-state index contributed by atoms with van der Waals surface area (Å²) in [5.41, 5.74) is 2.84. The standard InChI is InChI=1S/C18H22N4O2S/c23-25(24,22-11-4-5-12-22)21-17-10-6-9-16-15(17)13-19-18(20-16)14-7-2-1-3-8-14/h1-3,7-8,13,17,21H,4-6,9-12H2/t17-/m0/s1. The molecule has 6 nitrogen and oxygen atoms in total. The summed E-state index contributed by atoms with van der Waals surface area (Å²) >= 11 is 0. The molecule has 0 amide bonds. The van der Waals surface area contributed by atoms with Gasteiger partial charge >= 0.3 is 0 Å². The Bertz CT molecular complexity index is 849. The third-order valence-electron chi connectivity index (χ3n) is 4.91. The molecule has 2 aromatic rings. The zero-order chi connectivity index (χ0) is 17.3. The second-order valence-corrected chi connectivity index (χ2v) is 8.34. The predicted octanol–water partition coefficient (Wildman–Crippen LogP) is 2.45. The van der Waals surface area contributed by atoms with Gasteiger partial charge in [0.1, 0.15) is 0 Å². The Kier molecular flexibility index (Phi) is 4.54. The molecule has 1 fully saturated rings. The summed E-state index contributed by atoms with van der Waals surface area (Å²) < 4.78 is 29.6. The Labute approximate surface area is 148 Å². The van der Waals surface area contributed by atoms with Crippen LogP contribution in [0.2, 0.25) is 0 Å². The maximum Gasteiger partial charge on any atom is 0.280 e. The van der Waals surface area contributed by atoms with E-state index in [4.69, 9.17) is 4.98 Å². The van der Waals surface area contributed by atoms with Crippen molar-refractivity contribution in [3.8, 4) is 11.4 Å². The molecule has 2 aliphatic rings. The molecule has 7 heteroatoms. The maximum atomic E-state index is 12.6. The van der Waals surface area contributed by atoms with Crippen LogP contribution in [-0.4, -0.2) is 35.8 Å². The molecule has 1 atom stereocenters. The molecule has 1 N–H and O–H groups in total. The van der Waals surface area contributed by atoms with Crippen molar-refractivity contribution in [2.75, 3.05) is 13.1 Å². The SMILES string of the molecule is O=S(=O)(N[C@H]1CCCc2nc(-c3ccccc3)ncc21)N1CCCC1. The highest BCUT2D eigenvalue weighted by atomic mass is 32.2. The van der Waals surface area contributed by atoms with Crippen LogP contribution in [0.15, 0.2) is 36.5 Å². The zero-order valence-electron chi connectivity index (χ0n) is 14.1. The van der Waals surface area contributed by atoms with E-state index in [0.717, 1.165) is 48.9 Å². The highest BCUT2D eigenvalue weighted by Gasteiger charge is 2.31. The van der Waals surface area contributed by atoms with Crippen molar-refractivity contribution in [1.82, 2.24) is 19.0 Å². The summed E-state index contributed by atoms with van der Waals surface area (Å²) in [4.78, 5) is 9.18. The molecule has 1 aliphatic carbocycles. The van der Waals surface area contributed by atoms with Crippen molar-refractivity contribution in [3.05, 3.63) is 47.8 Å². The van der Waals surface area contributed by atoms with Crippen LogP contribution in [0.25, 0.3) is 11.4 Å². The molecule has 0 unspecified atom stereocenters. The second kappa shape index (κ2) is 6.82.